The van der Waals surface area contributed by atoms with Gasteiger partial charge in [0.05, 0.1) is 0 Å². The highest BCUT2D eigenvalue weighted by Gasteiger charge is 2.07. The van der Waals surface area contributed by atoms with E-state index >= 15 is 0 Å². The van der Waals surface area contributed by atoms with E-state index in [4.69, 9.17) is 8.83 Å². The summed E-state index contributed by atoms with van der Waals surface area (Å²) >= 11 is 0. The Morgan fingerprint density at radius 2 is 2.23 bits per heavy atom. The van der Waals surface area contributed by atoms with E-state index in [1.807, 2.05) is 0 Å². The second-order valence-electron chi connectivity index (χ2n) is 2.75. The maximum absolute atomic E-state index is 5.24. The van der Waals surface area contributed by atoms with E-state index in [1.54, 1.807) is 12.5 Å². The van der Waals surface area contributed by atoms with Crippen LogP contribution < -0.4 is 0 Å². The minimum Gasteiger partial charge on any atom is -0.451 e. The van der Waals surface area contributed by atoms with Crippen LogP contribution in [-0.2, 0) is 6.42 Å². The Labute approximate surface area is 75.6 Å². The number of nitrogens with zero attached hydrogens (tertiary/aromatic N) is 2. The number of aryl methyl sites for hydroxylation is 1. The number of hydrogen-bond donors (Lipinski definition) is 0. The third-order valence-corrected chi connectivity index (χ3v) is 1.71. The normalized spacial score (nSPS) is 10.5. The fourth-order valence-electron chi connectivity index (χ4n) is 1.10. The number of aromatic nitrogens is 2. The van der Waals surface area contributed by atoms with Crippen LogP contribution in [0, 0.1) is 0 Å². The van der Waals surface area contributed by atoms with Crippen molar-refractivity contribution in [1.29, 1.82) is 0 Å². The van der Waals surface area contributed by atoms with Gasteiger partial charge in [-0.1, -0.05) is 6.92 Å². The Balaban J connectivity index is 2.23. The van der Waals surface area contributed by atoms with Crippen molar-refractivity contribution in [3.05, 3.63) is 24.8 Å². The first-order valence-electron chi connectivity index (χ1n) is 4.23. The molecule has 4 heteroatoms. The molecule has 0 unspecified atom stereocenters. The summed E-state index contributed by atoms with van der Waals surface area (Å²) in [5.41, 5.74) is 1.45. The van der Waals surface area contributed by atoms with Gasteiger partial charge in [-0.2, -0.15) is 0 Å². The smallest absolute Gasteiger partial charge is 0.194 e. The van der Waals surface area contributed by atoms with Gasteiger partial charge in [-0.3, -0.25) is 0 Å². The van der Waals surface area contributed by atoms with Crippen molar-refractivity contribution >= 4 is 0 Å². The first-order chi connectivity index (χ1) is 6.40. The third kappa shape index (κ3) is 1.61. The summed E-state index contributed by atoms with van der Waals surface area (Å²) in [5.74, 6) is 0.750. The van der Waals surface area contributed by atoms with Crippen LogP contribution in [0.25, 0.3) is 11.4 Å². The molecular formula is C9H10N2O2. The van der Waals surface area contributed by atoms with E-state index in [2.05, 4.69) is 16.9 Å². The van der Waals surface area contributed by atoms with E-state index in [0.29, 0.717) is 5.69 Å². The second-order valence-corrected chi connectivity index (χ2v) is 2.75. The molecule has 13 heavy (non-hydrogen) atoms. The van der Waals surface area contributed by atoms with Gasteiger partial charge in [-0.05, 0) is 6.42 Å². The van der Waals surface area contributed by atoms with Crippen LogP contribution in [0.3, 0.4) is 0 Å². The number of oxazole rings is 2. The van der Waals surface area contributed by atoms with Crippen LogP contribution >= 0.6 is 0 Å². The summed E-state index contributed by atoms with van der Waals surface area (Å²) in [7, 11) is 0. The summed E-state index contributed by atoms with van der Waals surface area (Å²) in [6.07, 6.45) is 6.41. The zero-order chi connectivity index (χ0) is 9.10. The molecule has 0 bridgehead atoms. The summed E-state index contributed by atoms with van der Waals surface area (Å²) in [5, 5.41) is 0. The Hall–Kier alpha value is -1.58. The molecule has 0 fully saturated rings. The topological polar surface area (TPSA) is 52.1 Å². The van der Waals surface area contributed by atoms with Crippen LogP contribution in [0.5, 0.6) is 0 Å². The van der Waals surface area contributed by atoms with Crippen molar-refractivity contribution in [2.75, 3.05) is 0 Å². The van der Waals surface area contributed by atoms with Gasteiger partial charge in [0.1, 0.15) is 23.9 Å². The SMILES string of the molecule is CCCc1nc(-c2cocn2)co1. The highest BCUT2D eigenvalue weighted by Crippen LogP contribution is 2.16. The molecule has 2 heterocycles. The number of rotatable bonds is 3. The van der Waals surface area contributed by atoms with Gasteiger partial charge in [-0.15, -0.1) is 0 Å². The molecule has 0 spiro atoms. The van der Waals surface area contributed by atoms with E-state index in [-0.39, 0.29) is 0 Å². The van der Waals surface area contributed by atoms with Crippen molar-refractivity contribution in [3.8, 4) is 11.4 Å². The lowest BCUT2D eigenvalue weighted by Gasteiger charge is -1.85. The fraction of sp³-hybridized carbons (Fsp3) is 0.333. The molecule has 0 atom stereocenters. The molecule has 68 valence electrons. The van der Waals surface area contributed by atoms with E-state index in [9.17, 15) is 0 Å². The predicted octanol–water partition coefficient (Wildman–Crippen LogP) is 2.28. The van der Waals surface area contributed by atoms with Crippen molar-refractivity contribution in [2.45, 2.75) is 19.8 Å². The minimum atomic E-state index is 0.714. The fourth-order valence-corrected chi connectivity index (χ4v) is 1.10. The molecule has 0 aliphatic heterocycles. The Bertz CT molecular complexity index is 365. The lowest BCUT2D eigenvalue weighted by Crippen LogP contribution is -1.82. The maximum atomic E-state index is 5.24. The van der Waals surface area contributed by atoms with Gasteiger partial charge in [0.15, 0.2) is 12.3 Å². The molecule has 0 saturated heterocycles. The summed E-state index contributed by atoms with van der Waals surface area (Å²) in [6.45, 7) is 2.08. The molecule has 0 aromatic carbocycles. The Morgan fingerprint density at radius 3 is 2.92 bits per heavy atom. The Morgan fingerprint density at radius 1 is 1.31 bits per heavy atom. The first kappa shape index (κ1) is 8.04. The van der Waals surface area contributed by atoms with Crippen LogP contribution in [0.4, 0.5) is 0 Å². The largest absolute Gasteiger partial charge is 0.451 e. The van der Waals surface area contributed by atoms with Gasteiger partial charge in [0, 0.05) is 6.42 Å². The zero-order valence-electron chi connectivity index (χ0n) is 7.36. The first-order valence-corrected chi connectivity index (χ1v) is 4.23. The zero-order valence-corrected chi connectivity index (χ0v) is 7.36. The predicted molar refractivity (Wildman–Crippen MR) is 46.0 cm³/mol. The molecule has 2 rings (SSSR count). The van der Waals surface area contributed by atoms with Gasteiger partial charge in [0.25, 0.3) is 0 Å². The minimum absolute atomic E-state index is 0.714. The molecule has 0 aliphatic carbocycles. The van der Waals surface area contributed by atoms with Crippen LogP contribution in [0.1, 0.15) is 19.2 Å². The van der Waals surface area contributed by atoms with Crippen molar-refractivity contribution in [3.63, 3.8) is 0 Å². The Kier molecular flexibility index (Phi) is 2.12. The molecular weight excluding hydrogens is 168 g/mol. The molecule has 2 aromatic rings. The van der Waals surface area contributed by atoms with Crippen molar-refractivity contribution in [2.24, 2.45) is 0 Å². The average molecular weight is 178 g/mol. The molecule has 0 aliphatic rings. The highest BCUT2D eigenvalue weighted by atomic mass is 16.3. The average Bonchev–Trinajstić information content (AvgIpc) is 2.70. The highest BCUT2D eigenvalue weighted by molar-refractivity contribution is 5.49. The number of hydrogen-bond acceptors (Lipinski definition) is 4. The van der Waals surface area contributed by atoms with E-state index in [1.165, 1.54) is 6.39 Å². The molecule has 0 amide bonds. The van der Waals surface area contributed by atoms with Gasteiger partial charge < -0.3 is 8.83 Å². The van der Waals surface area contributed by atoms with Gasteiger partial charge in [0.2, 0.25) is 0 Å². The maximum Gasteiger partial charge on any atom is 0.194 e. The molecule has 0 N–H and O–H groups in total. The van der Waals surface area contributed by atoms with Gasteiger partial charge >= 0.3 is 0 Å². The lowest BCUT2D eigenvalue weighted by atomic mass is 10.3. The monoisotopic (exact) mass is 178 g/mol. The van der Waals surface area contributed by atoms with Crippen LogP contribution in [0.2, 0.25) is 0 Å². The summed E-state index contributed by atoms with van der Waals surface area (Å²) in [6, 6.07) is 0. The molecule has 4 nitrogen and oxygen atoms in total. The lowest BCUT2D eigenvalue weighted by molar-refractivity contribution is 0.491. The van der Waals surface area contributed by atoms with Crippen LogP contribution in [-0.4, -0.2) is 9.97 Å². The van der Waals surface area contributed by atoms with Gasteiger partial charge in [-0.25, -0.2) is 9.97 Å². The molecule has 0 saturated carbocycles. The van der Waals surface area contributed by atoms with Crippen molar-refractivity contribution < 1.29 is 8.83 Å². The standard InChI is InChI=1S/C9H10N2O2/c1-2-3-9-11-8(5-13-9)7-4-12-6-10-7/h4-6H,2-3H2,1H3. The summed E-state index contributed by atoms with van der Waals surface area (Å²) in [4.78, 5) is 8.22. The summed E-state index contributed by atoms with van der Waals surface area (Å²) < 4.78 is 10.1. The van der Waals surface area contributed by atoms with E-state index < -0.39 is 0 Å². The van der Waals surface area contributed by atoms with E-state index in [0.717, 1.165) is 24.4 Å². The van der Waals surface area contributed by atoms with Crippen molar-refractivity contribution in [1.82, 2.24) is 9.97 Å². The molecule has 0 radical (unpaired) electrons. The third-order valence-electron chi connectivity index (χ3n) is 1.71. The van der Waals surface area contributed by atoms with Crippen LogP contribution in [0.15, 0.2) is 27.8 Å². The molecule has 2 aromatic heterocycles. The second kappa shape index (κ2) is 3.43. The quantitative estimate of drug-likeness (QED) is 0.723.